The molecule has 2 aliphatic heterocycles. The standard InChI is InChI=1S/C23H28N2O5/c1-3-25(13-18-15-29-19-6-4-5-7-21(19)30-18)14-23(26)24-16(2)17-8-9-20-22(12-17)28-11-10-27-20/h4-9,12,16,18H,3,10-11,13-15H2,1-2H3,(H,24,26). The molecule has 0 saturated heterocycles. The van der Waals surface area contributed by atoms with E-state index < -0.39 is 0 Å². The van der Waals surface area contributed by atoms with E-state index in [9.17, 15) is 4.79 Å². The number of rotatable bonds is 7. The second kappa shape index (κ2) is 9.26. The fourth-order valence-electron chi connectivity index (χ4n) is 3.65. The van der Waals surface area contributed by atoms with Gasteiger partial charge in [-0.15, -0.1) is 0 Å². The first-order valence-electron chi connectivity index (χ1n) is 10.4. The van der Waals surface area contributed by atoms with E-state index in [0.29, 0.717) is 32.9 Å². The fraction of sp³-hybridized carbons (Fsp3) is 0.435. The van der Waals surface area contributed by atoms with Crippen LogP contribution in [0.25, 0.3) is 0 Å². The minimum atomic E-state index is -0.131. The van der Waals surface area contributed by atoms with E-state index in [-0.39, 0.29) is 18.1 Å². The molecule has 7 heteroatoms. The van der Waals surface area contributed by atoms with Crippen LogP contribution in [0.3, 0.4) is 0 Å². The number of carbonyl (C=O) groups is 1. The van der Waals surface area contributed by atoms with Gasteiger partial charge in [-0.25, -0.2) is 0 Å². The lowest BCUT2D eigenvalue weighted by Crippen LogP contribution is -2.45. The quantitative estimate of drug-likeness (QED) is 0.754. The molecule has 2 atom stereocenters. The van der Waals surface area contributed by atoms with Crippen molar-refractivity contribution in [3.05, 3.63) is 48.0 Å². The lowest BCUT2D eigenvalue weighted by atomic mass is 10.1. The van der Waals surface area contributed by atoms with Crippen LogP contribution < -0.4 is 24.3 Å². The number of amides is 1. The van der Waals surface area contributed by atoms with Crippen LogP contribution >= 0.6 is 0 Å². The van der Waals surface area contributed by atoms with Crippen molar-refractivity contribution in [2.45, 2.75) is 26.0 Å². The molecule has 0 aliphatic carbocycles. The van der Waals surface area contributed by atoms with Gasteiger partial charge >= 0.3 is 0 Å². The number of nitrogens with zero attached hydrogens (tertiary/aromatic N) is 1. The van der Waals surface area contributed by atoms with Crippen molar-refractivity contribution >= 4 is 5.91 Å². The van der Waals surface area contributed by atoms with Crippen LogP contribution in [0, 0.1) is 0 Å². The van der Waals surface area contributed by atoms with Gasteiger partial charge in [0.2, 0.25) is 5.91 Å². The number of hydrogen-bond donors (Lipinski definition) is 1. The van der Waals surface area contributed by atoms with Crippen LogP contribution in [-0.2, 0) is 4.79 Å². The third-order valence-corrected chi connectivity index (χ3v) is 5.29. The molecule has 0 radical (unpaired) electrons. The van der Waals surface area contributed by atoms with Crippen LogP contribution in [-0.4, -0.2) is 56.4 Å². The van der Waals surface area contributed by atoms with E-state index in [0.717, 1.165) is 35.1 Å². The molecule has 4 rings (SSSR count). The highest BCUT2D eigenvalue weighted by molar-refractivity contribution is 5.78. The molecule has 2 aromatic rings. The highest BCUT2D eigenvalue weighted by Gasteiger charge is 2.24. The summed E-state index contributed by atoms with van der Waals surface area (Å²) in [7, 11) is 0. The maximum atomic E-state index is 12.6. The Balaban J connectivity index is 1.30. The molecule has 0 bridgehead atoms. The second-order valence-electron chi connectivity index (χ2n) is 7.52. The van der Waals surface area contributed by atoms with Crippen LogP contribution in [0.4, 0.5) is 0 Å². The first kappa shape index (κ1) is 20.3. The molecule has 1 N–H and O–H groups in total. The van der Waals surface area contributed by atoms with E-state index in [1.54, 1.807) is 0 Å². The Morgan fingerprint density at radius 1 is 1.07 bits per heavy atom. The molecule has 7 nitrogen and oxygen atoms in total. The Bertz CT molecular complexity index is 888. The molecule has 2 aromatic carbocycles. The maximum absolute atomic E-state index is 12.6. The Morgan fingerprint density at radius 3 is 2.60 bits per heavy atom. The number of nitrogens with one attached hydrogen (secondary N) is 1. The number of likely N-dealkylation sites (N-methyl/N-ethyl adjacent to an activating group) is 1. The molecule has 0 aromatic heterocycles. The van der Waals surface area contributed by atoms with E-state index in [1.165, 1.54) is 0 Å². The minimum Gasteiger partial charge on any atom is -0.486 e. The predicted molar refractivity (Wildman–Crippen MR) is 112 cm³/mol. The van der Waals surface area contributed by atoms with Gasteiger partial charge in [-0.05, 0) is 43.3 Å². The summed E-state index contributed by atoms with van der Waals surface area (Å²) in [6.07, 6.45) is -0.108. The van der Waals surface area contributed by atoms with E-state index in [2.05, 4.69) is 10.2 Å². The largest absolute Gasteiger partial charge is 0.486 e. The number of benzene rings is 2. The van der Waals surface area contributed by atoms with Gasteiger partial charge in [0, 0.05) is 6.54 Å². The molecule has 0 spiro atoms. The first-order valence-corrected chi connectivity index (χ1v) is 10.4. The summed E-state index contributed by atoms with van der Waals surface area (Å²) in [5.41, 5.74) is 0.983. The lowest BCUT2D eigenvalue weighted by molar-refractivity contribution is -0.123. The average molecular weight is 412 g/mol. The van der Waals surface area contributed by atoms with Crippen LogP contribution in [0.2, 0.25) is 0 Å². The Hall–Kier alpha value is -2.93. The van der Waals surface area contributed by atoms with Crippen molar-refractivity contribution in [1.82, 2.24) is 10.2 Å². The number of ether oxygens (including phenoxy) is 4. The predicted octanol–water partition coefficient (Wildman–Crippen LogP) is 2.80. The summed E-state index contributed by atoms with van der Waals surface area (Å²) < 4.78 is 23.0. The van der Waals surface area contributed by atoms with Gasteiger partial charge < -0.3 is 24.3 Å². The Kier molecular flexibility index (Phi) is 6.28. The summed E-state index contributed by atoms with van der Waals surface area (Å²) in [6, 6.07) is 13.3. The molecule has 1 amide bonds. The minimum absolute atomic E-state index is 0.0311. The molecular weight excluding hydrogens is 384 g/mol. The van der Waals surface area contributed by atoms with Crippen molar-refractivity contribution in [1.29, 1.82) is 0 Å². The molecule has 0 saturated carbocycles. The van der Waals surface area contributed by atoms with Gasteiger partial charge in [-0.1, -0.05) is 25.1 Å². The van der Waals surface area contributed by atoms with Crippen molar-refractivity contribution in [3.63, 3.8) is 0 Å². The van der Waals surface area contributed by atoms with Crippen LogP contribution in [0.1, 0.15) is 25.5 Å². The SMILES string of the molecule is CCN(CC(=O)NC(C)c1ccc2c(c1)OCCO2)CC1COc2ccccc2O1. The monoisotopic (exact) mass is 412 g/mol. The number of fused-ring (bicyclic) bond motifs is 2. The Morgan fingerprint density at radius 2 is 1.80 bits per heavy atom. The van der Waals surface area contributed by atoms with E-state index in [1.807, 2.05) is 56.3 Å². The second-order valence-corrected chi connectivity index (χ2v) is 7.52. The van der Waals surface area contributed by atoms with Crippen LogP contribution in [0.15, 0.2) is 42.5 Å². The third-order valence-electron chi connectivity index (χ3n) is 5.29. The van der Waals surface area contributed by atoms with Crippen molar-refractivity contribution in [3.8, 4) is 23.0 Å². The van der Waals surface area contributed by atoms with Crippen LogP contribution in [0.5, 0.6) is 23.0 Å². The van der Waals surface area contributed by atoms with Gasteiger partial charge in [0.05, 0.1) is 12.6 Å². The first-order chi connectivity index (χ1) is 14.6. The fourth-order valence-corrected chi connectivity index (χ4v) is 3.65. The van der Waals surface area contributed by atoms with Gasteiger partial charge in [0.25, 0.3) is 0 Å². The lowest BCUT2D eigenvalue weighted by Gasteiger charge is -2.30. The zero-order valence-electron chi connectivity index (χ0n) is 17.4. The van der Waals surface area contributed by atoms with E-state index >= 15 is 0 Å². The molecule has 30 heavy (non-hydrogen) atoms. The van der Waals surface area contributed by atoms with Crippen molar-refractivity contribution in [2.75, 3.05) is 39.5 Å². The number of hydrogen-bond acceptors (Lipinski definition) is 6. The highest BCUT2D eigenvalue weighted by atomic mass is 16.6. The molecular formula is C23H28N2O5. The third kappa shape index (κ3) is 4.79. The summed E-state index contributed by atoms with van der Waals surface area (Å²) >= 11 is 0. The number of carbonyl (C=O) groups excluding carboxylic acids is 1. The highest BCUT2D eigenvalue weighted by Crippen LogP contribution is 2.33. The summed E-state index contributed by atoms with van der Waals surface area (Å²) in [6.45, 7) is 7.25. The smallest absolute Gasteiger partial charge is 0.234 e. The molecule has 2 aliphatic rings. The average Bonchev–Trinajstić information content (AvgIpc) is 2.78. The van der Waals surface area contributed by atoms with Gasteiger partial charge in [-0.2, -0.15) is 0 Å². The van der Waals surface area contributed by atoms with Gasteiger partial charge in [-0.3, -0.25) is 9.69 Å². The van der Waals surface area contributed by atoms with Gasteiger partial charge in [0.15, 0.2) is 23.0 Å². The topological polar surface area (TPSA) is 69.3 Å². The van der Waals surface area contributed by atoms with Gasteiger partial charge in [0.1, 0.15) is 25.9 Å². The Labute approximate surface area is 176 Å². The van der Waals surface area contributed by atoms with Crippen molar-refractivity contribution in [2.24, 2.45) is 0 Å². The summed E-state index contributed by atoms with van der Waals surface area (Å²) in [4.78, 5) is 14.7. The normalized spacial score (nSPS) is 18.0. The molecule has 0 fully saturated rings. The molecule has 160 valence electrons. The van der Waals surface area contributed by atoms with E-state index in [4.69, 9.17) is 18.9 Å². The summed E-state index contributed by atoms with van der Waals surface area (Å²) in [5.74, 6) is 2.96. The molecule has 2 heterocycles. The number of para-hydroxylation sites is 2. The molecule has 2 unspecified atom stereocenters. The zero-order valence-corrected chi connectivity index (χ0v) is 17.4. The van der Waals surface area contributed by atoms with Crippen molar-refractivity contribution < 1.29 is 23.7 Å². The maximum Gasteiger partial charge on any atom is 0.234 e. The summed E-state index contributed by atoms with van der Waals surface area (Å²) in [5, 5.41) is 3.07. The zero-order chi connectivity index (χ0) is 20.9.